The molecule has 1 aliphatic rings. The third-order valence-corrected chi connectivity index (χ3v) is 3.47. The molecule has 0 unspecified atom stereocenters. The molecule has 7 heteroatoms. The first-order valence-electron chi connectivity index (χ1n) is 6.63. The Morgan fingerprint density at radius 2 is 2.15 bits per heavy atom. The number of carbonyl (C=O) groups excluding carboxylic acids is 1. The maximum Gasteiger partial charge on any atom is 0.339 e. The fraction of sp³-hybridized carbons (Fsp3) is 0.462. The van der Waals surface area contributed by atoms with Gasteiger partial charge in [-0.15, -0.1) is 10.2 Å². The number of hydrogen-bond donors (Lipinski definition) is 1. The van der Waals surface area contributed by atoms with Gasteiger partial charge < -0.3 is 10.1 Å². The number of pyridine rings is 1. The maximum atomic E-state index is 11.6. The zero-order valence-electron chi connectivity index (χ0n) is 11.4. The number of rotatable bonds is 3. The van der Waals surface area contributed by atoms with E-state index in [4.69, 9.17) is 4.74 Å². The Morgan fingerprint density at radius 3 is 2.90 bits per heavy atom. The van der Waals surface area contributed by atoms with Crippen molar-refractivity contribution in [3.63, 3.8) is 0 Å². The van der Waals surface area contributed by atoms with Gasteiger partial charge >= 0.3 is 5.97 Å². The van der Waals surface area contributed by atoms with Gasteiger partial charge in [0, 0.05) is 32.4 Å². The molecule has 1 N–H and O–H groups in total. The molecule has 0 amide bonds. The lowest BCUT2D eigenvalue weighted by Gasteiger charge is -2.26. The number of aromatic nitrogens is 3. The molecule has 1 fully saturated rings. The van der Waals surface area contributed by atoms with Crippen LogP contribution in [0.25, 0.3) is 5.65 Å². The van der Waals surface area contributed by atoms with E-state index in [9.17, 15) is 4.79 Å². The van der Waals surface area contributed by atoms with E-state index >= 15 is 0 Å². The zero-order valence-corrected chi connectivity index (χ0v) is 11.4. The van der Waals surface area contributed by atoms with Gasteiger partial charge in [0.25, 0.3) is 0 Å². The largest absolute Gasteiger partial charge is 0.465 e. The maximum absolute atomic E-state index is 11.6. The first-order valence-corrected chi connectivity index (χ1v) is 6.63. The molecule has 1 saturated heterocycles. The molecule has 106 valence electrons. The van der Waals surface area contributed by atoms with E-state index in [-0.39, 0.29) is 5.97 Å². The van der Waals surface area contributed by atoms with Crippen molar-refractivity contribution in [2.24, 2.45) is 0 Å². The predicted molar refractivity (Wildman–Crippen MR) is 72.5 cm³/mol. The molecule has 3 rings (SSSR count). The molecule has 1 aliphatic heterocycles. The van der Waals surface area contributed by atoms with Crippen LogP contribution in [-0.4, -0.2) is 58.8 Å². The second-order valence-electron chi connectivity index (χ2n) is 4.78. The molecule has 20 heavy (non-hydrogen) atoms. The van der Waals surface area contributed by atoms with E-state index in [1.54, 1.807) is 18.3 Å². The van der Waals surface area contributed by atoms with Gasteiger partial charge in [-0.2, -0.15) is 0 Å². The number of nitrogens with zero attached hydrogens (tertiary/aromatic N) is 4. The van der Waals surface area contributed by atoms with Crippen molar-refractivity contribution in [3.8, 4) is 0 Å². The monoisotopic (exact) mass is 275 g/mol. The van der Waals surface area contributed by atoms with E-state index in [2.05, 4.69) is 20.4 Å². The molecule has 2 aromatic heterocycles. The highest BCUT2D eigenvalue weighted by Gasteiger charge is 2.15. The van der Waals surface area contributed by atoms with E-state index in [0.29, 0.717) is 5.56 Å². The highest BCUT2D eigenvalue weighted by atomic mass is 16.5. The Labute approximate surface area is 116 Å². The van der Waals surface area contributed by atoms with Crippen molar-refractivity contribution < 1.29 is 9.53 Å². The van der Waals surface area contributed by atoms with Gasteiger partial charge in [-0.3, -0.25) is 9.30 Å². The molecule has 0 bridgehead atoms. The smallest absolute Gasteiger partial charge is 0.339 e. The molecular formula is C13H17N5O2. The van der Waals surface area contributed by atoms with Crippen molar-refractivity contribution in [2.45, 2.75) is 6.54 Å². The van der Waals surface area contributed by atoms with Crippen LogP contribution in [0.1, 0.15) is 16.2 Å². The number of nitrogens with one attached hydrogen (secondary N) is 1. The number of piperazine rings is 1. The summed E-state index contributed by atoms with van der Waals surface area (Å²) in [6.07, 6.45) is 1.73. The minimum atomic E-state index is -0.353. The highest BCUT2D eigenvalue weighted by molar-refractivity contribution is 5.89. The van der Waals surface area contributed by atoms with Crippen LogP contribution in [0.2, 0.25) is 0 Å². The normalized spacial score (nSPS) is 16.4. The Hall–Kier alpha value is -1.99. The molecule has 3 heterocycles. The summed E-state index contributed by atoms with van der Waals surface area (Å²) < 4.78 is 6.60. The molecule has 0 saturated carbocycles. The van der Waals surface area contributed by atoms with Crippen LogP contribution in [0.5, 0.6) is 0 Å². The summed E-state index contributed by atoms with van der Waals surface area (Å²) >= 11 is 0. The Kier molecular flexibility index (Phi) is 3.62. The Balaban J connectivity index is 1.88. The standard InChI is InChI=1S/C13H17N5O2/c1-20-13(19)10-2-3-11-15-16-12(18(11)8-10)9-17-6-4-14-5-7-17/h2-3,8,14H,4-7,9H2,1H3. The average molecular weight is 275 g/mol. The summed E-state index contributed by atoms with van der Waals surface area (Å²) in [5, 5.41) is 11.7. The Morgan fingerprint density at radius 1 is 1.35 bits per heavy atom. The molecule has 0 atom stereocenters. The summed E-state index contributed by atoms with van der Waals surface area (Å²) in [5.74, 6) is 0.487. The number of hydrogen-bond acceptors (Lipinski definition) is 6. The minimum Gasteiger partial charge on any atom is -0.465 e. The predicted octanol–water partition coefficient (Wildman–Crippen LogP) is -0.0789. The van der Waals surface area contributed by atoms with Crippen LogP contribution in [0.3, 0.4) is 0 Å². The van der Waals surface area contributed by atoms with Crippen LogP contribution in [0, 0.1) is 0 Å². The fourth-order valence-electron chi connectivity index (χ4n) is 2.35. The lowest BCUT2D eigenvalue weighted by Crippen LogP contribution is -2.43. The summed E-state index contributed by atoms with van der Waals surface area (Å²) in [6, 6.07) is 3.48. The van der Waals surface area contributed by atoms with Crippen molar-refractivity contribution in [2.75, 3.05) is 33.3 Å². The van der Waals surface area contributed by atoms with Crippen molar-refractivity contribution in [1.82, 2.24) is 24.8 Å². The summed E-state index contributed by atoms with van der Waals surface area (Å²) in [6.45, 7) is 4.69. The minimum absolute atomic E-state index is 0.353. The third-order valence-electron chi connectivity index (χ3n) is 3.47. The number of esters is 1. The molecule has 0 spiro atoms. The SMILES string of the molecule is COC(=O)c1ccc2nnc(CN3CCNCC3)n2c1. The van der Waals surface area contributed by atoms with E-state index < -0.39 is 0 Å². The van der Waals surface area contributed by atoms with Crippen LogP contribution in [0.4, 0.5) is 0 Å². The third kappa shape index (κ3) is 2.50. The zero-order chi connectivity index (χ0) is 13.9. The average Bonchev–Trinajstić information content (AvgIpc) is 2.90. The summed E-state index contributed by atoms with van der Waals surface area (Å²) in [5.41, 5.74) is 1.24. The van der Waals surface area contributed by atoms with Gasteiger partial charge in [0.05, 0.1) is 19.2 Å². The second kappa shape index (κ2) is 5.56. The lowest BCUT2D eigenvalue weighted by atomic mass is 10.3. The number of ether oxygens (including phenoxy) is 1. The van der Waals surface area contributed by atoms with Crippen LogP contribution in [-0.2, 0) is 11.3 Å². The lowest BCUT2D eigenvalue weighted by molar-refractivity contribution is 0.0600. The van der Waals surface area contributed by atoms with Gasteiger partial charge in [-0.1, -0.05) is 0 Å². The van der Waals surface area contributed by atoms with Gasteiger partial charge in [-0.05, 0) is 12.1 Å². The summed E-state index contributed by atoms with van der Waals surface area (Å²) in [4.78, 5) is 13.9. The number of methoxy groups -OCH3 is 1. The van der Waals surface area contributed by atoms with Crippen molar-refractivity contribution in [3.05, 3.63) is 29.7 Å². The van der Waals surface area contributed by atoms with Gasteiger partial charge in [-0.25, -0.2) is 4.79 Å². The first-order chi connectivity index (χ1) is 9.78. The Bertz CT molecular complexity index is 618. The number of carbonyl (C=O) groups is 1. The first kappa shape index (κ1) is 13.0. The summed E-state index contributed by atoms with van der Waals surface area (Å²) in [7, 11) is 1.38. The van der Waals surface area contributed by atoms with Crippen LogP contribution < -0.4 is 5.32 Å². The number of fused-ring (bicyclic) bond motifs is 1. The molecule has 2 aromatic rings. The highest BCUT2D eigenvalue weighted by Crippen LogP contribution is 2.10. The molecule has 0 aliphatic carbocycles. The van der Waals surface area contributed by atoms with E-state index in [0.717, 1.165) is 44.2 Å². The van der Waals surface area contributed by atoms with E-state index in [1.165, 1.54) is 7.11 Å². The van der Waals surface area contributed by atoms with Gasteiger partial charge in [0.15, 0.2) is 11.5 Å². The van der Waals surface area contributed by atoms with Crippen molar-refractivity contribution in [1.29, 1.82) is 0 Å². The van der Waals surface area contributed by atoms with Crippen LogP contribution >= 0.6 is 0 Å². The molecular weight excluding hydrogens is 258 g/mol. The van der Waals surface area contributed by atoms with E-state index in [1.807, 2.05) is 4.40 Å². The molecule has 0 aromatic carbocycles. The topological polar surface area (TPSA) is 71.8 Å². The van der Waals surface area contributed by atoms with Crippen LogP contribution in [0.15, 0.2) is 18.3 Å². The quantitative estimate of drug-likeness (QED) is 0.790. The van der Waals surface area contributed by atoms with Crippen molar-refractivity contribution >= 4 is 11.6 Å². The molecule has 7 nitrogen and oxygen atoms in total. The fourth-order valence-corrected chi connectivity index (χ4v) is 2.35. The van der Waals surface area contributed by atoms with Gasteiger partial charge in [0.2, 0.25) is 0 Å². The van der Waals surface area contributed by atoms with Gasteiger partial charge in [0.1, 0.15) is 0 Å². The second-order valence-corrected chi connectivity index (χ2v) is 4.78. The molecule has 0 radical (unpaired) electrons.